The van der Waals surface area contributed by atoms with Gasteiger partial charge in [0.1, 0.15) is 0 Å². The highest BCUT2D eigenvalue weighted by Crippen LogP contribution is 2.17. The highest BCUT2D eigenvalue weighted by Gasteiger charge is 2.24. The lowest BCUT2D eigenvalue weighted by molar-refractivity contribution is 0.491. The lowest BCUT2D eigenvalue weighted by atomic mass is 10.1. The maximum atomic E-state index is 12.7. The van der Waals surface area contributed by atoms with E-state index >= 15 is 0 Å². The van der Waals surface area contributed by atoms with E-state index in [0.29, 0.717) is 24.6 Å². The van der Waals surface area contributed by atoms with E-state index < -0.39 is 15.6 Å². The van der Waals surface area contributed by atoms with Crippen molar-refractivity contribution in [3.63, 3.8) is 0 Å². The van der Waals surface area contributed by atoms with E-state index in [9.17, 15) is 8.42 Å². The molecule has 2 aromatic rings. The Balaban J connectivity index is 2.07. The van der Waals surface area contributed by atoms with Crippen molar-refractivity contribution in [3.05, 3.63) is 59.9 Å². The molecule has 0 saturated heterocycles. The third-order valence-corrected chi connectivity index (χ3v) is 5.39. The van der Waals surface area contributed by atoms with Gasteiger partial charge in [-0.25, -0.2) is 13.1 Å². The number of rotatable bonds is 6. The molecule has 0 saturated carbocycles. The van der Waals surface area contributed by atoms with Crippen LogP contribution in [0, 0.1) is 0 Å². The molecule has 0 aliphatic heterocycles. The molecule has 0 amide bonds. The summed E-state index contributed by atoms with van der Waals surface area (Å²) in [5, 5.41) is 6.31. The molecule has 0 atom stereocenters. The zero-order valence-corrected chi connectivity index (χ0v) is 17.0. The van der Waals surface area contributed by atoms with Crippen molar-refractivity contribution in [1.82, 2.24) is 20.3 Å². The molecular weight excluding hydrogens is 362 g/mol. The Morgan fingerprint density at radius 1 is 1.04 bits per heavy atom. The van der Waals surface area contributed by atoms with Crippen LogP contribution in [-0.2, 0) is 23.1 Å². The van der Waals surface area contributed by atoms with Crippen molar-refractivity contribution in [3.8, 4) is 0 Å². The van der Waals surface area contributed by atoms with Crippen molar-refractivity contribution >= 4 is 16.0 Å². The Labute approximate surface area is 161 Å². The molecule has 2 rings (SSSR count). The molecule has 0 fully saturated rings. The van der Waals surface area contributed by atoms with E-state index in [2.05, 4.69) is 25.3 Å². The van der Waals surface area contributed by atoms with Crippen LogP contribution in [0.2, 0.25) is 0 Å². The molecular formula is C19H27N5O2S. The molecule has 0 aliphatic rings. The van der Waals surface area contributed by atoms with Gasteiger partial charge >= 0.3 is 0 Å². The summed E-state index contributed by atoms with van der Waals surface area (Å²) in [5.74, 6) is 0.566. The minimum Gasteiger partial charge on any atom is -0.352 e. The van der Waals surface area contributed by atoms with Gasteiger partial charge in [0, 0.05) is 25.3 Å². The van der Waals surface area contributed by atoms with E-state index in [1.54, 1.807) is 31.4 Å². The summed E-state index contributed by atoms with van der Waals surface area (Å²) in [6.07, 6.45) is 1.73. The summed E-state index contributed by atoms with van der Waals surface area (Å²) in [7, 11) is -1.95. The first-order valence-electron chi connectivity index (χ1n) is 8.67. The molecule has 0 bridgehead atoms. The van der Waals surface area contributed by atoms with Gasteiger partial charge in [-0.3, -0.25) is 9.98 Å². The second-order valence-corrected chi connectivity index (χ2v) is 8.71. The fraction of sp³-hybridized carbons (Fsp3) is 0.368. The summed E-state index contributed by atoms with van der Waals surface area (Å²) in [6.45, 7) is 6.29. The summed E-state index contributed by atoms with van der Waals surface area (Å²) in [4.78, 5) is 8.68. The van der Waals surface area contributed by atoms with Crippen LogP contribution in [0.25, 0.3) is 0 Å². The van der Waals surface area contributed by atoms with Crippen molar-refractivity contribution in [1.29, 1.82) is 0 Å². The van der Waals surface area contributed by atoms with Crippen LogP contribution in [0.15, 0.2) is 58.5 Å². The number of aliphatic imine (C=N–C) groups is 1. The Morgan fingerprint density at radius 2 is 1.70 bits per heavy atom. The van der Waals surface area contributed by atoms with E-state index in [1.807, 2.05) is 45.0 Å². The fourth-order valence-electron chi connectivity index (χ4n) is 2.45. The number of pyridine rings is 1. The number of hydrogen-bond donors (Lipinski definition) is 3. The normalized spacial score (nSPS) is 12.7. The van der Waals surface area contributed by atoms with E-state index in [-0.39, 0.29) is 4.90 Å². The molecule has 3 N–H and O–H groups in total. The average Bonchev–Trinajstić information content (AvgIpc) is 2.61. The number of sulfonamides is 1. The molecule has 8 heteroatoms. The topological polar surface area (TPSA) is 95.5 Å². The van der Waals surface area contributed by atoms with Gasteiger partial charge in [-0.1, -0.05) is 24.3 Å². The monoisotopic (exact) mass is 389 g/mol. The van der Waals surface area contributed by atoms with Crippen molar-refractivity contribution in [2.24, 2.45) is 4.99 Å². The third-order valence-electron chi connectivity index (χ3n) is 3.54. The summed E-state index contributed by atoms with van der Waals surface area (Å²) < 4.78 is 28.1. The van der Waals surface area contributed by atoms with E-state index in [4.69, 9.17) is 0 Å². The quantitative estimate of drug-likeness (QED) is 0.519. The summed E-state index contributed by atoms with van der Waals surface area (Å²) in [5.41, 5.74) is 0.993. The molecule has 0 unspecified atom stereocenters. The number of hydrogen-bond acceptors (Lipinski definition) is 4. The van der Waals surface area contributed by atoms with Gasteiger partial charge in [-0.15, -0.1) is 0 Å². The molecule has 1 aromatic carbocycles. The Hall–Kier alpha value is -2.45. The van der Waals surface area contributed by atoms with Crippen molar-refractivity contribution in [2.75, 3.05) is 7.05 Å². The average molecular weight is 390 g/mol. The number of nitrogens with zero attached hydrogens (tertiary/aromatic N) is 2. The smallest absolute Gasteiger partial charge is 0.241 e. The van der Waals surface area contributed by atoms with Crippen LogP contribution in [0.4, 0.5) is 0 Å². The van der Waals surface area contributed by atoms with Gasteiger partial charge in [-0.2, -0.15) is 0 Å². The van der Waals surface area contributed by atoms with Crippen molar-refractivity contribution < 1.29 is 8.42 Å². The standard InChI is InChI=1S/C19H27N5O2S/c1-19(2,3)24-27(25,26)17-11-6-5-9-15(17)13-22-18(20-4)23-14-16-10-7-8-12-21-16/h5-12,24H,13-14H2,1-4H3,(H2,20,22,23). The zero-order valence-electron chi connectivity index (χ0n) is 16.2. The highest BCUT2D eigenvalue weighted by atomic mass is 32.2. The first-order valence-corrected chi connectivity index (χ1v) is 10.2. The molecule has 27 heavy (non-hydrogen) atoms. The molecule has 1 aromatic heterocycles. The maximum absolute atomic E-state index is 12.7. The Morgan fingerprint density at radius 3 is 2.33 bits per heavy atom. The second kappa shape index (κ2) is 8.96. The van der Waals surface area contributed by atoms with Crippen LogP contribution in [0.3, 0.4) is 0 Å². The minimum atomic E-state index is -3.62. The van der Waals surface area contributed by atoms with Gasteiger partial charge in [0.25, 0.3) is 0 Å². The van der Waals surface area contributed by atoms with Crippen molar-refractivity contribution in [2.45, 2.75) is 44.3 Å². The van der Waals surface area contributed by atoms with Crippen LogP contribution in [-0.4, -0.2) is 31.9 Å². The van der Waals surface area contributed by atoms with Gasteiger partial charge in [0.2, 0.25) is 10.0 Å². The Kier molecular flexibility index (Phi) is 6.92. The van der Waals surface area contributed by atoms with Gasteiger partial charge in [0.15, 0.2) is 5.96 Å². The molecule has 7 nitrogen and oxygen atoms in total. The van der Waals surface area contributed by atoms with Crippen LogP contribution < -0.4 is 15.4 Å². The zero-order chi connectivity index (χ0) is 19.9. The van der Waals surface area contributed by atoms with Crippen LogP contribution >= 0.6 is 0 Å². The SMILES string of the molecule is CN=C(NCc1ccccn1)NCc1ccccc1S(=O)(=O)NC(C)(C)C. The van der Waals surface area contributed by atoms with E-state index in [1.165, 1.54) is 0 Å². The molecule has 0 aliphatic carbocycles. The highest BCUT2D eigenvalue weighted by molar-refractivity contribution is 7.89. The maximum Gasteiger partial charge on any atom is 0.241 e. The summed E-state index contributed by atoms with van der Waals surface area (Å²) in [6, 6.07) is 12.6. The second-order valence-electron chi connectivity index (χ2n) is 7.06. The molecule has 0 spiro atoms. The number of benzene rings is 1. The first-order chi connectivity index (χ1) is 12.7. The number of nitrogens with one attached hydrogen (secondary N) is 3. The molecule has 0 radical (unpaired) electrons. The van der Waals surface area contributed by atoms with Crippen LogP contribution in [0.5, 0.6) is 0 Å². The summed E-state index contributed by atoms with van der Waals surface area (Å²) >= 11 is 0. The van der Waals surface area contributed by atoms with Gasteiger partial charge < -0.3 is 10.6 Å². The first kappa shape index (κ1) is 20.9. The largest absolute Gasteiger partial charge is 0.352 e. The lowest BCUT2D eigenvalue weighted by Crippen LogP contribution is -2.41. The molecule has 146 valence electrons. The van der Waals surface area contributed by atoms with Crippen LogP contribution in [0.1, 0.15) is 32.0 Å². The van der Waals surface area contributed by atoms with Gasteiger partial charge in [0.05, 0.1) is 17.1 Å². The number of aromatic nitrogens is 1. The van der Waals surface area contributed by atoms with Gasteiger partial charge in [-0.05, 0) is 44.5 Å². The predicted octanol–water partition coefficient (Wildman–Crippen LogP) is 2.02. The molecule has 1 heterocycles. The predicted molar refractivity (Wildman–Crippen MR) is 108 cm³/mol. The Bertz CT molecular complexity index is 874. The fourth-order valence-corrected chi connectivity index (χ4v) is 4.11. The third kappa shape index (κ3) is 6.65. The van der Waals surface area contributed by atoms with E-state index in [0.717, 1.165) is 5.69 Å². The number of guanidine groups is 1. The lowest BCUT2D eigenvalue weighted by Gasteiger charge is -2.22. The minimum absolute atomic E-state index is 0.257.